The summed E-state index contributed by atoms with van der Waals surface area (Å²) in [6, 6.07) is 19.0. The molecule has 9 nitrogen and oxygen atoms in total. The first-order chi connectivity index (χ1) is 18.1. The maximum absolute atomic E-state index is 13.6. The van der Waals surface area contributed by atoms with Gasteiger partial charge in [0.1, 0.15) is 12.3 Å². The van der Waals surface area contributed by atoms with Gasteiger partial charge in [-0.1, -0.05) is 36.8 Å². The second-order valence-electron chi connectivity index (χ2n) is 9.04. The van der Waals surface area contributed by atoms with E-state index in [0.717, 1.165) is 29.1 Å². The summed E-state index contributed by atoms with van der Waals surface area (Å²) in [5, 5.41) is 2.66. The zero-order valence-electron chi connectivity index (χ0n) is 21.3. The van der Waals surface area contributed by atoms with Crippen molar-refractivity contribution in [1.82, 2.24) is 4.31 Å². The van der Waals surface area contributed by atoms with Crippen LogP contribution in [0.25, 0.3) is 0 Å². The maximum Gasteiger partial charge on any atom is 0.264 e. The van der Waals surface area contributed by atoms with E-state index >= 15 is 0 Å². The lowest BCUT2D eigenvalue weighted by Gasteiger charge is -2.26. The van der Waals surface area contributed by atoms with Gasteiger partial charge in [-0.05, 0) is 67.8 Å². The first-order valence-electron chi connectivity index (χ1n) is 12.3. The minimum atomic E-state index is -4.08. The van der Waals surface area contributed by atoms with Gasteiger partial charge < -0.3 is 10.1 Å². The van der Waals surface area contributed by atoms with Crippen LogP contribution >= 0.6 is 0 Å². The number of piperidine rings is 1. The van der Waals surface area contributed by atoms with E-state index < -0.39 is 32.5 Å². The summed E-state index contributed by atoms with van der Waals surface area (Å²) in [6.07, 6.45) is 2.58. The van der Waals surface area contributed by atoms with Crippen molar-refractivity contribution in [1.29, 1.82) is 0 Å². The van der Waals surface area contributed by atoms with E-state index in [9.17, 15) is 21.6 Å². The summed E-state index contributed by atoms with van der Waals surface area (Å²) in [5.74, 6) is -0.402. The fraction of sp³-hybridized carbons (Fsp3) is 0.296. The van der Waals surface area contributed by atoms with Gasteiger partial charge >= 0.3 is 0 Å². The number of anilines is 2. The van der Waals surface area contributed by atoms with E-state index in [2.05, 4.69) is 5.32 Å². The van der Waals surface area contributed by atoms with Crippen LogP contribution in [-0.4, -0.2) is 53.8 Å². The number of benzene rings is 3. The minimum Gasteiger partial charge on any atom is -0.495 e. The van der Waals surface area contributed by atoms with Crippen molar-refractivity contribution in [2.45, 2.75) is 36.0 Å². The Kier molecular flexibility index (Phi) is 8.39. The second-order valence-corrected chi connectivity index (χ2v) is 12.8. The number of ether oxygens (including phenoxy) is 1. The number of rotatable bonds is 9. The van der Waals surface area contributed by atoms with Crippen LogP contribution in [0.2, 0.25) is 0 Å². The predicted molar refractivity (Wildman–Crippen MR) is 146 cm³/mol. The summed E-state index contributed by atoms with van der Waals surface area (Å²) in [5.41, 5.74) is 1.29. The number of hydrogen-bond donors (Lipinski definition) is 1. The number of aryl methyl sites for hydroxylation is 1. The van der Waals surface area contributed by atoms with Crippen molar-refractivity contribution >= 4 is 37.3 Å². The average molecular weight is 558 g/mol. The number of sulfonamides is 2. The van der Waals surface area contributed by atoms with Gasteiger partial charge in [0, 0.05) is 13.1 Å². The van der Waals surface area contributed by atoms with Crippen LogP contribution in [0.5, 0.6) is 5.75 Å². The molecule has 0 bridgehead atoms. The Balaban J connectivity index is 1.65. The van der Waals surface area contributed by atoms with Gasteiger partial charge in [-0.2, -0.15) is 4.31 Å². The van der Waals surface area contributed by atoms with Crippen LogP contribution in [0, 0.1) is 6.92 Å². The van der Waals surface area contributed by atoms with Gasteiger partial charge in [0.05, 0.1) is 28.3 Å². The molecule has 1 aliphatic heterocycles. The lowest BCUT2D eigenvalue weighted by atomic mass is 10.2. The van der Waals surface area contributed by atoms with Crippen LogP contribution in [0.1, 0.15) is 24.8 Å². The Labute approximate surface area is 224 Å². The highest BCUT2D eigenvalue weighted by Crippen LogP contribution is 2.31. The topological polar surface area (TPSA) is 113 Å². The van der Waals surface area contributed by atoms with Crippen molar-refractivity contribution < 1.29 is 26.4 Å². The fourth-order valence-electron chi connectivity index (χ4n) is 4.34. The van der Waals surface area contributed by atoms with Gasteiger partial charge in [0.15, 0.2) is 0 Å². The number of carbonyl (C=O) groups excluding carboxylic acids is 1. The highest BCUT2D eigenvalue weighted by molar-refractivity contribution is 7.92. The molecule has 4 rings (SSSR count). The Morgan fingerprint density at radius 3 is 2.26 bits per heavy atom. The lowest BCUT2D eigenvalue weighted by Crippen LogP contribution is -2.38. The number of methoxy groups -OCH3 is 1. The van der Waals surface area contributed by atoms with Crippen LogP contribution in [0.4, 0.5) is 11.4 Å². The normalized spacial score (nSPS) is 14.6. The highest BCUT2D eigenvalue weighted by Gasteiger charge is 2.29. The van der Waals surface area contributed by atoms with Crippen LogP contribution in [0.15, 0.2) is 82.6 Å². The molecule has 3 aromatic carbocycles. The highest BCUT2D eigenvalue weighted by atomic mass is 32.2. The summed E-state index contributed by atoms with van der Waals surface area (Å²) < 4.78 is 61.3. The third-order valence-electron chi connectivity index (χ3n) is 6.31. The molecule has 1 aliphatic rings. The summed E-state index contributed by atoms with van der Waals surface area (Å²) in [7, 11) is -6.43. The molecular weight excluding hydrogens is 526 g/mol. The van der Waals surface area contributed by atoms with Crippen molar-refractivity contribution in [3.8, 4) is 5.75 Å². The zero-order chi connectivity index (χ0) is 27.3. The molecule has 0 spiro atoms. The second kappa shape index (κ2) is 11.5. The van der Waals surface area contributed by atoms with Gasteiger partial charge in [-0.3, -0.25) is 9.10 Å². The van der Waals surface area contributed by atoms with E-state index in [1.807, 2.05) is 13.0 Å². The number of nitrogens with one attached hydrogen (secondary N) is 1. The van der Waals surface area contributed by atoms with Gasteiger partial charge in [0.2, 0.25) is 15.9 Å². The molecule has 0 aromatic heterocycles. The zero-order valence-corrected chi connectivity index (χ0v) is 23.0. The first-order valence-corrected chi connectivity index (χ1v) is 15.1. The third-order valence-corrected chi connectivity index (χ3v) is 9.99. The first kappa shape index (κ1) is 27.6. The number of carbonyl (C=O) groups is 1. The minimum absolute atomic E-state index is 0.0305. The van der Waals surface area contributed by atoms with E-state index in [0.29, 0.717) is 18.8 Å². The monoisotopic (exact) mass is 557 g/mol. The molecule has 1 saturated heterocycles. The smallest absolute Gasteiger partial charge is 0.264 e. The molecule has 1 N–H and O–H groups in total. The quantitative estimate of drug-likeness (QED) is 0.425. The largest absolute Gasteiger partial charge is 0.495 e. The van der Waals surface area contributed by atoms with E-state index in [1.54, 1.807) is 36.4 Å². The standard InChI is InChI=1S/C27H31N3O6S2/c1-21-10-9-11-22(18-21)30(38(34,35)23-12-5-3-6-13-23)20-27(31)28-25-19-24(14-15-26(25)36-2)37(32,33)29-16-7-4-8-17-29/h3,5-6,9-15,18-19H,4,7-8,16-17,20H2,1-2H3,(H,28,31). The van der Waals surface area contributed by atoms with Crippen molar-refractivity contribution in [2.24, 2.45) is 0 Å². The lowest BCUT2D eigenvalue weighted by molar-refractivity contribution is -0.114. The molecule has 0 aliphatic carbocycles. The number of amides is 1. The van der Waals surface area contributed by atoms with Crippen molar-refractivity contribution in [3.63, 3.8) is 0 Å². The van der Waals surface area contributed by atoms with Crippen molar-refractivity contribution in [3.05, 3.63) is 78.4 Å². The van der Waals surface area contributed by atoms with Gasteiger partial charge in [-0.25, -0.2) is 16.8 Å². The molecule has 0 radical (unpaired) electrons. The Morgan fingerprint density at radius 1 is 0.895 bits per heavy atom. The molecule has 0 atom stereocenters. The van der Waals surface area contributed by atoms with Crippen LogP contribution in [0.3, 0.4) is 0 Å². The maximum atomic E-state index is 13.6. The molecule has 0 saturated carbocycles. The molecule has 202 valence electrons. The summed E-state index contributed by atoms with van der Waals surface area (Å²) >= 11 is 0. The molecule has 1 heterocycles. The molecule has 38 heavy (non-hydrogen) atoms. The Bertz CT molecular complexity index is 1500. The number of nitrogens with zero attached hydrogens (tertiary/aromatic N) is 2. The van der Waals surface area contributed by atoms with Crippen molar-refractivity contribution in [2.75, 3.05) is 36.4 Å². The molecule has 1 fully saturated rings. The fourth-order valence-corrected chi connectivity index (χ4v) is 7.32. The van der Waals surface area contributed by atoms with E-state index in [4.69, 9.17) is 4.74 Å². The SMILES string of the molecule is COc1ccc(S(=O)(=O)N2CCCCC2)cc1NC(=O)CN(c1cccc(C)c1)S(=O)(=O)c1ccccc1. The molecule has 1 amide bonds. The Morgan fingerprint density at radius 2 is 1.61 bits per heavy atom. The summed E-state index contributed by atoms with van der Waals surface area (Å²) in [4.78, 5) is 13.3. The van der Waals surface area contributed by atoms with Gasteiger partial charge in [-0.15, -0.1) is 0 Å². The van der Waals surface area contributed by atoms with E-state index in [-0.39, 0.29) is 21.2 Å². The van der Waals surface area contributed by atoms with Crippen LogP contribution < -0.4 is 14.4 Å². The Hall–Kier alpha value is -3.41. The summed E-state index contributed by atoms with van der Waals surface area (Å²) in [6.45, 7) is 2.18. The molecule has 0 unspecified atom stereocenters. The molecule has 3 aromatic rings. The van der Waals surface area contributed by atoms with Crippen LogP contribution in [-0.2, 0) is 24.8 Å². The number of hydrogen-bond acceptors (Lipinski definition) is 6. The average Bonchev–Trinajstić information content (AvgIpc) is 2.92. The molecular formula is C27H31N3O6S2. The van der Waals surface area contributed by atoms with Gasteiger partial charge in [0.25, 0.3) is 10.0 Å². The third kappa shape index (κ3) is 6.01. The van der Waals surface area contributed by atoms with E-state index in [1.165, 1.54) is 41.7 Å². The predicted octanol–water partition coefficient (Wildman–Crippen LogP) is 4.01. The molecule has 11 heteroatoms.